The number of hydrogen-bond acceptors (Lipinski definition) is 3. The molecule has 0 atom stereocenters. The molecule has 0 aromatic heterocycles. The Morgan fingerprint density at radius 1 is 1.25 bits per heavy atom. The number of methoxy groups -OCH3 is 1. The van der Waals surface area contributed by atoms with Crippen molar-refractivity contribution in [3.05, 3.63) is 22.7 Å². The fourth-order valence-corrected chi connectivity index (χ4v) is 4.45. The summed E-state index contributed by atoms with van der Waals surface area (Å²) in [6.07, 6.45) is 5.31. The van der Waals surface area contributed by atoms with Gasteiger partial charge in [-0.2, -0.15) is 4.31 Å². The van der Waals surface area contributed by atoms with E-state index in [2.05, 4.69) is 15.9 Å². The van der Waals surface area contributed by atoms with Crippen LogP contribution in [0.5, 0.6) is 5.75 Å². The maximum atomic E-state index is 12.7. The van der Waals surface area contributed by atoms with Gasteiger partial charge in [-0.15, -0.1) is 0 Å². The van der Waals surface area contributed by atoms with E-state index >= 15 is 0 Å². The Labute approximate surface area is 129 Å². The van der Waals surface area contributed by atoms with Crippen LogP contribution in [0.3, 0.4) is 0 Å². The molecular weight excluding hydrogens is 342 g/mol. The maximum absolute atomic E-state index is 12.7. The number of sulfonamides is 1. The van der Waals surface area contributed by atoms with E-state index in [9.17, 15) is 8.42 Å². The van der Waals surface area contributed by atoms with Gasteiger partial charge < -0.3 is 4.74 Å². The van der Waals surface area contributed by atoms with Crippen LogP contribution < -0.4 is 4.74 Å². The van der Waals surface area contributed by atoms with Crippen molar-refractivity contribution < 1.29 is 13.2 Å². The van der Waals surface area contributed by atoms with E-state index in [1.54, 1.807) is 25.2 Å². The highest BCUT2D eigenvalue weighted by Crippen LogP contribution is 2.31. The van der Waals surface area contributed by atoms with Crippen molar-refractivity contribution in [2.45, 2.75) is 43.0 Å². The second-order valence-electron chi connectivity index (χ2n) is 5.11. The first-order valence-corrected chi connectivity index (χ1v) is 9.01. The maximum Gasteiger partial charge on any atom is 0.243 e. The van der Waals surface area contributed by atoms with E-state index in [-0.39, 0.29) is 10.9 Å². The van der Waals surface area contributed by atoms with Crippen molar-refractivity contribution >= 4 is 26.0 Å². The molecule has 0 radical (unpaired) electrons. The van der Waals surface area contributed by atoms with E-state index in [1.807, 2.05) is 0 Å². The lowest BCUT2D eigenvalue weighted by molar-refractivity contribution is 0.285. The van der Waals surface area contributed by atoms with Crippen LogP contribution in [0.2, 0.25) is 0 Å². The first-order valence-electron chi connectivity index (χ1n) is 6.78. The molecule has 0 unspecified atom stereocenters. The third kappa shape index (κ3) is 3.18. The molecule has 0 N–H and O–H groups in total. The summed E-state index contributed by atoms with van der Waals surface area (Å²) in [6.45, 7) is 0. The molecule has 1 aromatic rings. The van der Waals surface area contributed by atoms with Crippen molar-refractivity contribution in [2.75, 3.05) is 14.2 Å². The quantitative estimate of drug-likeness (QED) is 0.825. The Morgan fingerprint density at radius 3 is 2.50 bits per heavy atom. The highest BCUT2D eigenvalue weighted by atomic mass is 79.9. The lowest BCUT2D eigenvalue weighted by Crippen LogP contribution is -2.38. The van der Waals surface area contributed by atoms with Crippen molar-refractivity contribution in [3.63, 3.8) is 0 Å². The summed E-state index contributed by atoms with van der Waals surface area (Å²) in [7, 11) is -0.246. The van der Waals surface area contributed by atoms with Crippen LogP contribution in [0.1, 0.15) is 32.1 Å². The predicted molar refractivity (Wildman–Crippen MR) is 82.5 cm³/mol. The van der Waals surface area contributed by atoms with Crippen LogP contribution in [-0.4, -0.2) is 32.9 Å². The summed E-state index contributed by atoms with van der Waals surface area (Å²) in [6, 6.07) is 5.00. The minimum Gasteiger partial charge on any atom is -0.496 e. The van der Waals surface area contributed by atoms with Crippen molar-refractivity contribution in [1.82, 2.24) is 4.31 Å². The van der Waals surface area contributed by atoms with Crippen molar-refractivity contribution in [3.8, 4) is 5.75 Å². The SMILES string of the molecule is COc1cc(S(=O)(=O)N(C)C2CCCCC2)ccc1Br. The summed E-state index contributed by atoms with van der Waals surface area (Å²) in [5.41, 5.74) is 0. The average Bonchev–Trinajstić information content (AvgIpc) is 2.47. The van der Waals surface area contributed by atoms with Gasteiger partial charge in [0.15, 0.2) is 0 Å². The Bertz CT molecular complexity index is 568. The molecule has 2 rings (SSSR count). The van der Waals surface area contributed by atoms with Gasteiger partial charge in [0.25, 0.3) is 0 Å². The first-order chi connectivity index (χ1) is 9.46. The normalized spacial score (nSPS) is 17.4. The third-order valence-electron chi connectivity index (χ3n) is 3.89. The highest BCUT2D eigenvalue weighted by molar-refractivity contribution is 9.10. The highest BCUT2D eigenvalue weighted by Gasteiger charge is 2.29. The smallest absolute Gasteiger partial charge is 0.243 e. The van der Waals surface area contributed by atoms with E-state index in [0.29, 0.717) is 5.75 Å². The summed E-state index contributed by atoms with van der Waals surface area (Å²) in [5, 5.41) is 0. The fraction of sp³-hybridized carbons (Fsp3) is 0.571. The summed E-state index contributed by atoms with van der Waals surface area (Å²) in [4.78, 5) is 0.283. The van der Waals surface area contributed by atoms with E-state index in [1.165, 1.54) is 17.8 Å². The van der Waals surface area contributed by atoms with E-state index in [0.717, 1.165) is 30.2 Å². The molecule has 0 heterocycles. The molecule has 20 heavy (non-hydrogen) atoms. The molecule has 1 aliphatic rings. The van der Waals surface area contributed by atoms with Crippen LogP contribution in [0.25, 0.3) is 0 Å². The second-order valence-corrected chi connectivity index (χ2v) is 7.96. The van der Waals surface area contributed by atoms with Gasteiger partial charge in [-0.3, -0.25) is 0 Å². The number of benzene rings is 1. The number of halogens is 1. The molecule has 1 aromatic carbocycles. The monoisotopic (exact) mass is 361 g/mol. The first kappa shape index (κ1) is 15.8. The molecular formula is C14H20BrNO3S. The Balaban J connectivity index is 2.29. The molecule has 0 bridgehead atoms. The van der Waals surface area contributed by atoms with Gasteiger partial charge in [0, 0.05) is 19.2 Å². The van der Waals surface area contributed by atoms with Crippen LogP contribution in [-0.2, 0) is 10.0 Å². The van der Waals surface area contributed by atoms with Gasteiger partial charge in [0.1, 0.15) is 5.75 Å². The number of rotatable bonds is 4. The molecule has 0 saturated heterocycles. The van der Waals surface area contributed by atoms with Gasteiger partial charge in [0.2, 0.25) is 10.0 Å². The van der Waals surface area contributed by atoms with Gasteiger partial charge >= 0.3 is 0 Å². The zero-order valence-corrected chi connectivity index (χ0v) is 14.2. The fourth-order valence-electron chi connectivity index (χ4n) is 2.61. The lowest BCUT2D eigenvalue weighted by atomic mass is 9.96. The van der Waals surface area contributed by atoms with Crippen LogP contribution in [0.4, 0.5) is 0 Å². The molecule has 0 spiro atoms. The molecule has 0 amide bonds. The molecule has 112 valence electrons. The molecule has 1 fully saturated rings. The largest absolute Gasteiger partial charge is 0.496 e. The summed E-state index contributed by atoms with van der Waals surface area (Å²) >= 11 is 3.34. The van der Waals surface area contributed by atoms with Crippen LogP contribution in [0.15, 0.2) is 27.6 Å². The molecule has 1 saturated carbocycles. The molecule has 6 heteroatoms. The Hall–Kier alpha value is -0.590. The summed E-state index contributed by atoms with van der Waals surface area (Å²) in [5.74, 6) is 0.531. The van der Waals surface area contributed by atoms with Gasteiger partial charge in [0.05, 0.1) is 16.5 Å². The topological polar surface area (TPSA) is 46.6 Å². The zero-order valence-electron chi connectivity index (χ0n) is 11.8. The van der Waals surface area contributed by atoms with E-state index < -0.39 is 10.0 Å². The van der Waals surface area contributed by atoms with Gasteiger partial charge in [-0.1, -0.05) is 19.3 Å². The number of ether oxygens (including phenoxy) is 1. The minimum absolute atomic E-state index is 0.114. The molecule has 1 aliphatic carbocycles. The standard InChI is InChI=1S/C14H20BrNO3S/c1-16(11-6-4-3-5-7-11)20(17,18)12-8-9-13(15)14(10-12)19-2/h8-11H,3-7H2,1-2H3. The van der Waals surface area contributed by atoms with Crippen LogP contribution >= 0.6 is 15.9 Å². The predicted octanol–water partition coefficient (Wildman–Crippen LogP) is 3.41. The number of hydrogen-bond donors (Lipinski definition) is 0. The number of nitrogens with zero attached hydrogens (tertiary/aromatic N) is 1. The molecule has 0 aliphatic heterocycles. The third-order valence-corrected chi connectivity index (χ3v) is 6.45. The zero-order chi connectivity index (χ0) is 14.8. The molecule has 4 nitrogen and oxygen atoms in total. The van der Waals surface area contributed by atoms with Crippen molar-refractivity contribution in [2.24, 2.45) is 0 Å². The van der Waals surface area contributed by atoms with Gasteiger partial charge in [-0.25, -0.2) is 8.42 Å². The average molecular weight is 362 g/mol. The lowest BCUT2D eigenvalue weighted by Gasteiger charge is -2.30. The Kier molecular flexibility index (Phi) is 5.09. The Morgan fingerprint density at radius 2 is 1.90 bits per heavy atom. The summed E-state index contributed by atoms with van der Waals surface area (Å²) < 4.78 is 32.8. The second kappa shape index (κ2) is 6.45. The van der Waals surface area contributed by atoms with E-state index in [4.69, 9.17) is 4.74 Å². The van der Waals surface area contributed by atoms with Crippen LogP contribution in [0, 0.1) is 0 Å². The van der Waals surface area contributed by atoms with Gasteiger partial charge in [-0.05, 0) is 40.9 Å². The van der Waals surface area contributed by atoms with Crippen molar-refractivity contribution in [1.29, 1.82) is 0 Å². The minimum atomic E-state index is -3.46.